The van der Waals surface area contributed by atoms with Gasteiger partial charge < -0.3 is 9.88 Å². The summed E-state index contributed by atoms with van der Waals surface area (Å²) in [7, 11) is 0. The summed E-state index contributed by atoms with van der Waals surface area (Å²) in [4.78, 5) is 32.1. The molecule has 1 aromatic heterocycles. The van der Waals surface area contributed by atoms with Crippen LogP contribution in [0.15, 0.2) is 59.4 Å². The summed E-state index contributed by atoms with van der Waals surface area (Å²) in [6.45, 7) is 5.51. The second-order valence-electron chi connectivity index (χ2n) is 7.15. The minimum absolute atomic E-state index is 0.0353. The number of aromatic amines is 1. The van der Waals surface area contributed by atoms with E-state index in [0.29, 0.717) is 19.6 Å². The van der Waals surface area contributed by atoms with Gasteiger partial charge in [0.2, 0.25) is 0 Å². The smallest absolute Gasteiger partial charge is 0.253 e. The molecule has 1 aliphatic heterocycles. The summed E-state index contributed by atoms with van der Waals surface area (Å²) < 4.78 is 0. The molecule has 1 N–H and O–H groups in total. The van der Waals surface area contributed by atoms with E-state index in [1.807, 2.05) is 66.4 Å². The lowest BCUT2D eigenvalue weighted by Gasteiger charge is -2.34. The fourth-order valence-corrected chi connectivity index (χ4v) is 3.54. The highest BCUT2D eigenvalue weighted by Crippen LogP contribution is 2.14. The molecular formula is C22H23N3O2. The van der Waals surface area contributed by atoms with E-state index >= 15 is 0 Å². The van der Waals surface area contributed by atoms with E-state index in [1.165, 1.54) is 0 Å². The second kappa shape index (κ2) is 7.37. The number of amides is 1. The van der Waals surface area contributed by atoms with Crippen molar-refractivity contribution in [3.8, 4) is 0 Å². The Hall–Kier alpha value is -2.92. The van der Waals surface area contributed by atoms with Crippen LogP contribution in [0.1, 0.15) is 21.5 Å². The van der Waals surface area contributed by atoms with Crippen LogP contribution in [0, 0.1) is 6.92 Å². The zero-order valence-corrected chi connectivity index (χ0v) is 15.4. The fraction of sp³-hybridized carbons (Fsp3) is 0.273. The Morgan fingerprint density at radius 2 is 1.70 bits per heavy atom. The molecule has 0 bridgehead atoms. The molecule has 2 heterocycles. The number of aryl methyl sites for hydroxylation is 1. The largest absolute Gasteiger partial charge is 0.336 e. The Bertz CT molecular complexity index is 1020. The van der Waals surface area contributed by atoms with Crippen molar-refractivity contribution in [2.24, 2.45) is 0 Å². The number of carbonyl (C=O) groups excluding carboxylic acids is 1. The number of H-pyrrole nitrogens is 1. The van der Waals surface area contributed by atoms with Crippen LogP contribution in [-0.2, 0) is 6.54 Å². The van der Waals surface area contributed by atoms with Crippen LogP contribution < -0.4 is 5.56 Å². The molecule has 0 aliphatic carbocycles. The lowest BCUT2D eigenvalue weighted by molar-refractivity contribution is 0.0628. The van der Waals surface area contributed by atoms with E-state index in [2.05, 4.69) is 9.88 Å². The average Bonchev–Trinajstić information content (AvgIpc) is 2.69. The van der Waals surface area contributed by atoms with Gasteiger partial charge in [0.05, 0.1) is 0 Å². The number of aromatic nitrogens is 1. The maximum absolute atomic E-state index is 12.6. The molecule has 0 spiro atoms. The number of hydrogen-bond donors (Lipinski definition) is 1. The number of piperazine rings is 1. The van der Waals surface area contributed by atoms with Gasteiger partial charge in [0, 0.05) is 49.4 Å². The van der Waals surface area contributed by atoms with Gasteiger partial charge in [-0.15, -0.1) is 0 Å². The first kappa shape index (κ1) is 17.5. The molecule has 0 saturated carbocycles. The molecule has 0 atom stereocenters. The molecular weight excluding hydrogens is 338 g/mol. The molecule has 1 saturated heterocycles. The van der Waals surface area contributed by atoms with Gasteiger partial charge in [-0.05, 0) is 36.6 Å². The van der Waals surface area contributed by atoms with Crippen molar-refractivity contribution < 1.29 is 4.79 Å². The number of benzene rings is 2. The van der Waals surface area contributed by atoms with E-state index in [1.54, 1.807) is 0 Å². The first-order valence-corrected chi connectivity index (χ1v) is 9.29. The zero-order chi connectivity index (χ0) is 18.8. The van der Waals surface area contributed by atoms with Crippen LogP contribution in [-0.4, -0.2) is 46.9 Å². The standard InChI is InChI=1S/C22H23N3O2/c1-16-6-8-17(9-7-16)22(27)25-12-10-24(11-13-25)15-19-14-18-4-2-3-5-20(18)23-21(19)26/h2-9,14H,10-13,15H2,1H3,(H,23,26). The van der Waals surface area contributed by atoms with Gasteiger partial charge in [0.1, 0.15) is 0 Å². The van der Waals surface area contributed by atoms with Crippen LogP contribution in [0.3, 0.4) is 0 Å². The molecule has 1 amide bonds. The molecule has 5 nitrogen and oxygen atoms in total. The third-order valence-electron chi connectivity index (χ3n) is 5.18. The predicted molar refractivity (Wildman–Crippen MR) is 107 cm³/mol. The van der Waals surface area contributed by atoms with Crippen LogP contribution in [0.2, 0.25) is 0 Å². The normalized spacial score (nSPS) is 15.2. The number of rotatable bonds is 3. The summed E-state index contributed by atoms with van der Waals surface area (Å²) in [6.07, 6.45) is 0. The number of fused-ring (bicyclic) bond motifs is 1. The van der Waals surface area contributed by atoms with Gasteiger partial charge >= 0.3 is 0 Å². The molecule has 5 heteroatoms. The van der Waals surface area contributed by atoms with Crippen LogP contribution in [0.25, 0.3) is 10.9 Å². The first-order valence-electron chi connectivity index (χ1n) is 9.29. The van der Waals surface area contributed by atoms with Crippen molar-refractivity contribution in [2.45, 2.75) is 13.5 Å². The SMILES string of the molecule is Cc1ccc(C(=O)N2CCN(Cc3cc4ccccc4[nH]c3=O)CC2)cc1. The van der Waals surface area contributed by atoms with Crippen molar-refractivity contribution in [3.05, 3.63) is 81.6 Å². The highest BCUT2D eigenvalue weighted by molar-refractivity contribution is 5.94. The topological polar surface area (TPSA) is 56.4 Å². The van der Waals surface area contributed by atoms with Crippen molar-refractivity contribution in [1.29, 1.82) is 0 Å². The summed E-state index contributed by atoms with van der Waals surface area (Å²) in [5.41, 5.74) is 3.48. The summed E-state index contributed by atoms with van der Waals surface area (Å²) >= 11 is 0. The van der Waals surface area contributed by atoms with Gasteiger partial charge in [-0.3, -0.25) is 14.5 Å². The maximum Gasteiger partial charge on any atom is 0.253 e. The third-order valence-corrected chi connectivity index (χ3v) is 5.18. The van der Waals surface area contributed by atoms with Gasteiger partial charge in [-0.1, -0.05) is 35.9 Å². The Morgan fingerprint density at radius 3 is 2.44 bits per heavy atom. The molecule has 1 aliphatic rings. The number of nitrogens with zero attached hydrogens (tertiary/aromatic N) is 2. The van der Waals surface area contributed by atoms with Gasteiger partial charge in [-0.25, -0.2) is 0 Å². The first-order chi connectivity index (χ1) is 13.1. The lowest BCUT2D eigenvalue weighted by Crippen LogP contribution is -2.48. The summed E-state index contributed by atoms with van der Waals surface area (Å²) in [5.74, 6) is 0.0817. The molecule has 0 radical (unpaired) electrons. The van der Waals surface area contributed by atoms with Crippen molar-refractivity contribution in [2.75, 3.05) is 26.2 Å². The molecule has 138 valence electrons. The van der Waals surface area contributed by atoms with Gasteiger partial charge in [0.25, 0.3) is 11.5 Å². The molecule has 4 rings (SSSR count). The molecule has 1 fully saturated rings. The molecule has 2 aromatic carbocycles. The fourth-order valence-electron chi connectivity index (χ4n) is 3.54. The van der Waals surface area contributed by atoms with Crippen LogP contribution >= 0.6 is 0 Å². The van der Waals surface area contributed by atoms with Crippen molar-refractivity contribution in [3.63, 3.8) is 0 Å². The second-order valence-corrected chi connectivity index (χ2v) is 7.15. The molecule has 0 unspecified atom stereocenters. The zero-order valence-electron chi connectivity index (χ0n) is 15.4. The number of carbonyl (C=O) groups is 1. The van der Waals surface area contributed by atoms with E-state index in [0.717, 1.165) is 40.7 Å². The van der Waals surface area contributed by atoms with Gasteiger partial charge in [-0.2, -0.15) is 0 Å². The van der Waals surface area contributed by atoms with Crippen molar-refractivity contribution >= 4 is 16.8 Å². The van der Waals surface area contributed by atoms with E-state index in [9.17, 15) is 9.59 Å². The molecule has 27 heavy (non-hydrogen) atoms. The van der Waals surface area contributed by atoms with Crippen molar-refractivity contribution in [1.82, 2.24) is 14.8 Å². The Kier molecular flexibility index (Phi) is 4.77. The maximum atomic E-state index is 12.6. The van der Waals surface area contributed by atoms with E-state index in [-0.39, 0.29) is 11.5 Å². The average molecular weight is 361 g/mol. The van der Waals surface area contributed by atoms with E-state index in [4.69, 9.17) is 0 Å². The Labute approximate surface area is 158 Å². The third kappa shape index (κ3) is 3.78. The highest BCUT2D eigenvalue weighted by Gasteiger charge is 2.22. The molecule has 3 aromatic rings. The Morgan fingerprint density at radius 1 is 1.00 bits per heavy atom. The lowest BCUT2D eigenvalue weighted by atomic mass is 10.1. The Balaban J connectivity index is 1.41. The van der Waals surface area contributed by atoms with Gasteiger partial charge in [0.15, 0.2) is 0 Å². The number of para-hydroxylation sites is 1. The summed E-state index contributed by atoms with van der Waals surface area (Å²) in [5, 5.41) is 1.04. The van der Waals surface area contributed by atoms with Crippen LogP contribution in [0.5, 0.6) is 0 Å². The minimum Gasteiger partial charge on any atom is -0.336 e. The summed E-state index contributed by atoms with van der Waals surface area (Å²) in [6, 6.07) is 17.5. The predicted octanol–water partition coefficient (Wildman–Crippen LogP) is 2.79. The van der Waals surface area contributed by atoms with E-state index < -0.39 is 0 Å². The minimum atomic E-state index is -0.0353. The van der Waals surface area contributed by atoms with Crippen LogP contribution in [0.4, 0.5) is 0 Å². The monoisotopic (exact) mass is 361 g/mol. The number of pyridine rings is 1. The number of nitrogens with one attached hydrogen (secondary N) is 1. The number of hydrogen-bond acceptors (Lipinski definition) is 3. The quantitative estimate of drug-likeness (QED) is 0.780. The highest BCUT2D eigenvalue weighted by atomic mass is 16.2.